The number of halogens is 2. The summed E-state index contributed by atoms with van der Waals surface area (Å²) in [6.45, 7) is 4.81. The van der Waals surface area contributed by atoms with E-state index in [1.54, 1.807) is 65.9 Å². The Labute approximate surface area is 213 Å². The van der Waals surface area contributed by atoms with E-state index >= 15 is 0 Å². The van der Waals surface area contributed by atoms with E-state index in [0.29, 0.717) is 34.5 Å². The minimum atomic E-state index is -0.266. The fourth-order valence-electron chi connectivity index (χ4n) is 4.01. The van der Waals surface area contributed by atoms with E-state index in [9.17, 15) is 9.59 Å². The van der Waals surface area contributed by atoms with E-state index in [1.165, 1.54) is 9.78 Å². The lowest BCUT2D eigenvalue weighted by Crippen LogP contribution is -2.47. The maximum atomic E-state index is 13.5. The molecule has 2 heterocycles. The van der Waals surface area contributed by atoms with Crippen LogP contribution in [0.3, 0.4) is 0 Å². The Kier molecular flexibility index (Phi) is 7.93. The minimum Gasteiger partial charge on any atom is -0.491 e. The second-order valence-corrected chi connectivity index (χ2v) is 9.78. The van der Waals surface area contributed by atoms with Gasteiger partial charge in [-0.3, -0.25) is 9.59 Å². The van der Waals surface area contributed by atoms with E-state index in [4.69, 9.17) is 27.9 Å². The van der Waals surface area contributed by atoms with Gasteiger partial charge in [0.2, 0.25) is 5.91 Å². The maximum absolute atomic E-state index is 13.5. The van der Waals surface area contributed by atoms with Crippen molar-refractivity contribution in [3.8, 4) is 5.75 Å². The van der Waals surface area contributed by atoms with Crippen LogP contribution in [0, 0.1) is 0 Å². The van der Waals surface area contributed by atoms with E-state index in [0.717, 1.165) is 12.0 Å². The van der Waals surface area contributed by atoms with Gasteiger partial charge >= 0.3 is 0 Å². The van der Waals surface area contributed by atoms with Gasteiger partial charge < -0.3 is 14.5 Å². The van der Waals surface area contributed by atoms with Crippen molar-refractivity contribution >= 4 is 46.4 Å². The predicted octanol–water partition coefficient (Wildman–Crippen LogP) is 5.89. The van der Waals surface area contributed by atoms with Gasteiger partial charge in [0.25, 0.3) is 5.91 Å². The van der Waals surface area contributed by atoms with Crippen LogP contribution in [0.2, 0.25) is 10.0 Å². The van der Waals surface area contributed by atoms with Crippen molar-refractivity contribution < 1.29 is 14.3 Å². The van der Waals surface area contributed by atoms with Crippen molar-refractivity contribution in [1.29, 1.82) is 0 Å². The Morgan fingerprint density at radius 1 is 1.15 bits per heavy atom. The molecule has 176 valence electrons. The summed E-state index contributed by atoms with van der Waals surface area (Å²) in [7, 11) is 0. The molecule has 0 aliphatic carbocycles. The van der Waals surface area contributed by atoms with Gasteiger partial charge in [-0.2, -0.15) is 0 Å². The lowest BCUT2D eigenvalue weighted by atomic mass is 10.0. The molecule has 1 aliphatic rings. The summed E-state index contributed by atoms with van der Waals surface area (Å²) in [5, 5.41) is 3.14. The SMILES string of the molecule is C=CCN(CC(=O)N1CCc2sccc2[C@H]1COc1ccc(Cl)cc1)C(=O)c1cccc(Cl)c1. The van der Waals surface area contributed by atoms with Crippen LogP contribution in [0.15, 0.2) is 72.6 Å². The Morgan fingerprint density at radius 2 is 1.94 bits per heavy atom. The van der Waals surface area contributed by atoms with Gasteiger partial charge in [0.05, 0.1) is 6.04 Å². The zero-order chi connectivity index (χ0) is 24.1. The number of carbonyl (C=O) groups excluding carboxylic acids is 2. The number of fused-ring (bicyclic) bond motifs is 1. The fraction of sp³-hybridized carbons (Fsp3) is 0.231. The second kappa shape index (κ2) is 11.1. The smallest absolute Gasteiger partial charge is 0.254 e. The third kappa shape index (κ3) is 5.63. The molecule has 2 amide bonds. The Hall–Kier alpha value is -2.80. The first-order valence-electron chi connectivity index (χ1n) is 10.9. The number of thiophene rings is 1. The van der Waals surface area contributed by atoms with E-state index in [2.05, 4.69) is 6.58 Å². The number of carbonyl (C=O) groups is 2. The van der Waals surface area contributed by atoms with Crippen molar-refractivity contribution in [3.05, 3.63) is 98.7 Å². The molecule has 1 aliphatic heterocycles. The highest BCUT2D eigenvalue weighted by molar-refractivity contribution is 7.10. The molecule has 1 atom stereocenters. The number of benzene rings is 2. The molecule has 0 saturated carbocycles. The Bertz CT molecular complexity index is 1180. The van der Waals surface area contributed by atoms with E-state index < -0.39 is 0 Å². The lowest BCUT2D eigenvalue weighted by Gasteiger charge is -2.37. The average Bonchev–Trinajstić information content (AvgIpc) is 3.32. The van der Waals surface area contributed by atoms with Gasteiger partial charge in [0.15, 0.2) is 0 Å². The number of hydrogen-bond donors (Lipinski definition) is 0. The first-order valence-corrected chi connectivity index (χ1v) is 12.5. The number of ether oxygens (including phenoxy) is 1. The van der Waals surface area contributed by atoms with Crippen LogP contribution in [0.1, 0.15) is 26.8 Å². The van der Waals surface area contributed by atoms with Crippen LogP contribution in [-0.2, 0) is 11.2 Å². The normalized spacial score (nSPS) is 14.9. The summed E-state index contributed by atoms with van der Waals surface area (Å²) in [4.78, 5) is 31.1. The molecule has 8 heteroatoms. The predicted molar refractivity (Wildman–Crippen MR) is 137 cm³/mol. The first kappa shape index (κ1) is 24.3. The van der Waals surface area contributed by atoms with Gasteiger partial charge in [-0.05, 0) is 65.9 Å². The molecule has 1 aromatic heterocycles. The number of hydrogen-bond acceptors (Lipinski definition) is 4. The molecule has 0 saturated heterocycles. The fourth-order valence-corrected chi connectivity index (χ4v) is 5.26. The highest BCUT2D eigenvalue weighted by Gasteiger charge is 2.33. The summed E-state index contributed by atoms with van der Waals surface area (Å²) in [6.07, 6.45) is 2.39. The molecule has 0 fully saturated rings. The van der Waals surface area contributed by atoms with Gasteiger partial charge in [0.1, 0.15) is 18.9 Å². The zero-order valence-corrected chi connectivity index (χ0v) is 20.8. The highest BCUT2D eigenvalue weighted by atomic mass is 35.5. The molecule has 0 unspecified atom stereocenters. The number of amides is 2. The lowest BCUT2D eigenvalue weighted by molar-refractivity contribution is -0.135. The molecule has 0 spiro atoms. The zero-order valence-electron chi connectivity index (χ0n) is 18.5. The molecule has 2 aromatic carbocycles. The molecule has 3 aromatic rings. The van der Waals surface area contributed by atoms with E-state index in [1.807, 2.05) is 16.3 Å². The monoisotopic (exact) mass is 514 g/mol. The standard InChI is InChI=1S/C26H24Cl2N2O3S/c1-2-12-29(26(32)18-4-3-5-20(28)15-18)16-25(31)30-13-10-24-22(11-14-34-24)23(30)17-33-21-8-6-19(27)7-9-21/h2-9,11,14-15,23H,1,10,12-13,16-17H2/t23-/m1/s1. The van der Waals surface area contributed by atoms with Crippen molar-refractivity contribution in [2.24, 2.45) is 0 Å². The van der Waals surface area contributed by atoms with Crippen LogP contribution in [0.4, 0.5) is 0 Å². The Balaban J connectivity index is 1.52. The average molecular weight is 515 g/mol. The van der Waals surface area contributed by atoms with Gasteiger partial charge in [-0.25, -0.2) is 0 Å². The van der Waals surface area contributed by atoms with Gasteiger partial charge in [-0.15, -0.1) is 17.9 Å². The quantitative estimate of drug-likeness (QED) is 0.352. The summed E-state index contributed by atoms with van der Waals surface area (Å²) in [6, 6.07) is 15.7. The summed E-state index contributed by atoms with van der Waals surface area (Å²) in [5.74, 6) is 0.278. The molecular formula is C26H24Cl2N2O3S. The molecule has 34 heavy (non-hydrogen) atoms. The molecule has 0 radical (unpaired) electrons. The van der Waals surface area contributed by atoms with Crippen LogP contribution >= 0.6 is 34.5 Å². The molecular weight excluding hydrogens is 491 g/mol. The van der Waals surface area contributed by atoms with Crippen molar-refractivity contribution in [2.75, 3.05) is 26.2 Å². The molecule has 0 bridgehead atoms. The molecule has 4 rings (SSSR count). The topological polar surface area (TPSA) is 49.9 Å². The van der Waals surface area contributed by atoms with E-state index in [-0.39, 0.29) is 30.9 Å². The van der Waals surface area contributed by atoms with Crippen molar-refractivity contribution in [3.63, 3.8) is 0 Å². The summed E-state index contributed by atoms with van der Waals surface area (Å²) >= 11 is 13.7. The van der Waals surface area contributed by atoms with Gasteiger partial charge in [0, 0.05) is 33.6 Å². The molecule has 0 N–H and O–H groups in total. The first-order chi connectivity index (χ1) is 16.5. The highest BCUT2D eigenvalue weighted by Crippen LogP contribution is 2.34. The largest absolute Gasteiger partial charge is 0.491 e. The van der Waals surface area contributed by atoms with Crippen molar-refractivity contribution in [1.82, 2.24) is 9.80 Å². The maximum Gasteiger partial charge on any atom is 0.254 e. The molecule has 5 nitrogen and oxygen atoms in total. The minimum absolute atomic E-state index is 0.0612. The number of rotatable bonds is 8. The van der Waals surface area contributed by atoms with Crippen LogP contribution in [-0.4, -0.2) is 47.9 Å². The van der Waals surface area contributed by atoms with Crippen LogP contribution in [0.25, 0.3) is 0 Å². The van der Waals surface area contributed by atoms with Gasteiger partial charge in [-0.1, -0.05) is 35.3 Å². The third-order valence-electron chi connectivity index (χ3n) is 5.67. The van der Waals surface area contributed by atoms with Crippen LogP contribution in [0.5, 0.6) is 5.75 Å². The third-order valence-corrected chi connectivity index (χ3v) is 7.15. The summed E-state index contributed by atoms with van der Waals surface area (Å²) in [5.41, 5.74) is 1.53. The van der Waals surface area contributed by atoms with Crippen LogP contribution < -0.4 is 4.74 Å². The van der Waals surface area contributed by atoms with Crippen molar-refractivity contribution in [2.45, 2.75) is 12.5 Å². The summed E-state index contributed by atoms with van der Waals surface area (Å²) < 4.78 is 6.03. The second-order valence-electron chi connectivity index (χ2n) is 7.90. The Morgan fingerprint density at radius 3 is 2.68 bits per heavy atom. The number of nitrogens with zero attached hydrogens (tertiary/aromatic N) is 2.